The Hall–Kier alpha value is -4.41. The summed E-state index contributed by atoms with van der Waals surface area (Å²) in [4.78, 5) is 28.0. The molecule has 0 unspecified atom stereocenters. The molecule has 3 aromatic rings. The van der Waals surface area contributed by atoms with Gasteiger partial charge in [-0.05, 0) is 61.0 Å². The lowest BCUT2D eigenvalue weighted by atomic mass is 10.2. The molecular formula is C24H21F3N4O4. The first-order chi connectivity index (χ1) is 16.8. The van der Waals surface area contributed by atoms with Crippen molar-refractivity contribution in [1.29, 1.82) is 0 Å². The Balaban J connectivity index is 1.60. The second-order valence-corrected chi connectivity index (χ2v) is 7.00. The molecule has 2 amide bonds. The monoisotopic (exact) mass is 486 g/mol. The van der Waals surface area contributed by atoms with E-state index < -0.39 is 30.2 Å². The quantitative estimate of drug-likeness (QED) is 0.347. The number of anilines is 1. The average molecular weight is 486 g/mol. The molecule has 0 radical (unpaired) electrons. The molecule has 0 fully saturated rings. The zero-order valence-electron chi connectivity index (χ0n) is 18.5. The Morgan fingerprint density at radius 1 is 1.06 bits per heavy atom. The standard InChI is InChI=1S/C24H21F3N4O4/c1-2-34-21-11-16(13-29-31-23(33)17-5-4-10-28-14-17)8-9-20(21)35-15-22(32)30-19-7-3-6-18(12-19)24(25,26)27/h3-14H,2,15H2,1H3,(H,30,32)(H,31,33)/b29-13-. The molecule has 0 saturated heterocycles. The highest BCUT2D eigenvalue weighted by Crippen LogP contribution is 2.31. The Morgan fingerprint density at radius 3 is 2.60 bits per heavy atom. The average Bonchev–Trinajstić information content (AvgIpc) is 2.84. The summed E-state index contributed by atoms with van der Waals surface area (Å²) in [6.07, 6.45) is -0.154. The SMILES string of the molecule is CCOc1cc(/C=N\NC(=O)c2cccnc2)ccc1OCC(=O)Nc1cccc(C(F)(F)F)c1. The van der Waals surface area contributed by atoms with Crippen LogP contribution < -0.4 is 20.2 Å². The second-order valence-electron chi connectivity index (χ2n) is 7.00. The number of carbonyl (C=O) groups is 2. The molecule has 0 aliphatic carbocycles. The van der Waals surface area contributed by atoms with Crippen molar-refractivity contribution in [2.45, 2.75) is 13.1 Å². The molecule has 1 heterocycles. The molecule has 35 heavy (non-hydrogen) atoms. The minimum absolute atomic E-state index is 0.00153. The van der Waals surface area contributed by atoms with Crippen LogP contribution in [-0.4, -0.2) is 36.2 Å². The Bertz CT molecular complexity index is 1200. The number of hydrogen-bond donors (Lipinski definition) is 2. The second kappa shape index (κ2) is 11.6. The van der Waals surface area contributed by atoms with Crippen LogP contribution in [0.5, 0.6) is 11.5 Å². The molecular weight excluding hydrogens is 465 g/mol. The number of amides is 2. The van der Waals surface area contributed by atoms with Crippen LogP contribution in [0.2, 0.25) is 0 Å². The minimum atomic E-state index is -4.52. The van der Waals surface area contributed by atoms with E-state index in [1.165, 1.54) is 24.5 Å². The van der Waals surface area contributed by atoms with Gasteiger partial charge in [0.25, 0.3) is 11.8 Å². The van der Waals surface area contributed by atoms with E-state index in [2.05, 4.69) is 20.8 Å². The van der Waals surface area contributed by atoms with Gasteiger partial charge in [0.1, 0.15) is 0 Å². The fraction of sp³-hybridized carbons (Fsp3) is 0.167. The van der Waals surface area contributed by atoms with E-state index in [4.69, 9.17) is 9.47 Å². The van der Waals surface area contributed by atoms with Gasteiger partial charge in [-0.25, -0.2) is 5.43 Å². The maximum Gasteiger partial charge on any atom is 0.416 e. The highest BCUT2D eigenvalue weighted by molar-refractivity contribution is 5.94. The topological polar surface area (TPSA) is 102 Å². The van der Waals surface area contributed by atoms with Crippen molar-refractivity contribution in [1.82, 2.24) is 10.4 Å². The zero-order valence-corrected chi connectivity index (χ0v) is 18.5. The number of pyridine rings is 1. The number of benzene rings is 2. The number of alkyl halides is 3. The van der Waals surface area contributed by atoms with Gasteiger partial charge in [-0.3, -0.25) is 14.6 Å². The predicted octanol–water partition coefficient (Wildman–Crippen LogP) is 4.28. The molecule has 3 rings (SSSR count). The van der Waals surface area contributed by atoms with Gasteiger partial charge in [0.2, 0.25) is 0 Å². The van der Waals surface area contributed by atoms with Gasteiger partial charge in [0, 0.05) is 18.1 Å². The van der Waals surface area contributed by atoms with Gasteiger partial charge in [0.15, 0.2) is 18.1 Å². The number of carbonyl (C=O) groups excluding carboxylic acids is 2. The van der Waals surface area contributed by atoms with Crippen LogP contribution in [0.3, 0.4) is 0 Å². The van der Waals surface area contributed by atoms with Gasteiger partial charge < -0.3 is 14.8 Å². The smallest absolute Gasteiger partial charge is 0.416 e. The molecule has 0 spiro atoms. The van der Waals surface area contributed by atoms with Gasteiger partial charge in [0.05, 0.1) is 23.9 Å². The number of nitrogens with one attached hydrogen (secondary N) is 2. The molecule has 182 valence electrons. The molecule has 0 aliphatic heterocycles. The Labute approximate surface area is 198 Å². The number of halogens is 3. The van der Waals surface area contributed by atoms with Gasteiger partial charge in [-0.15, -0.1) is 0 Å². The van der Waals surface area contributed by atoms with E-state index >= 15 is 0 Å². The lowest BCUT2D eigenvalue weighted by Crippen LogP contribution is -2.20. The summed E-state index contributed by atoms with van der Waals surface area (Å²) in [5, 5.41) is 6.27. The van der Waals surface area contributed by atoms with Crippen molar-refractivity contribution in [3.63, 3.8) is 0 Å². The molecule has 11 heteroatoms. The summed E-state index contributed by atoms with van der Waals surface area (Å²) in [5.41, 5.74) is 2.45. The summed E-state index contributed by atoms with van der Waals surface area (Å²) in [5.74, 6) is -0.494. The first-order valence-corrected chi connectivity index (χ1v) is 10.4. The molecule has 8 nitrogen and oxygen atoms in total. The summed E-state index contributed by atoms with van der Waals surface area (Å²) in [7, 11) is 0. The number of nitrogens with zero attached hydrogens (tertiary/aromatic N) is 2. The summed E-state index contributed by atoms with van der Waals surface area (Å²) in [6.45, 7) is 1.62. The molecule has 0 bridgehead atoms. The number of hydrazone groups is 1. The highest BCUT2D eigenvalue weighted by atomic mass is 19.4. The third-order valence-corrected chi connectivity index (χ3v) is 4.40. The van der Waals surface area contributed by atoms with Crippen LogP contribution in [0.4, 0.5) is 18.9 Å². The van der Waals surface area contributed by atoms with Crippen LogP contribution in [0.1, 0.15) is 28.4 Å². The lowest BCUT2D eigenvalue weighted by molar-refractivity contribution is -0.137. The van der Waals surface area contributed by atoms with E-state index in [0.29, 0.717) is 23.5 Å². The molecule has 2 N–H and O–H groups in total. The van der Waals surface area contributed by atoms with E-state index in [0.717, 1.165) is 12.1 Å². The summed E-state index contributed by atoms with van der Waals surface area (Å²) in [6, 6.07) is 12.3. The molecule has 0 atom stereocenters. The van der Waals surface area contributed by atoms with Gasteiger partial charge in [-0.2, -0.15) is 18.3 Å². The maximum absolute atomic E-state index is 12.8. The normalized spacial score (nSPS) is 11.2. The van der Waals surface area contributed by atoms with Crippen molar-refractivity contribution in [2.24, 2.45) is 5.10 Å². The third-order valence-electron chi connectivity index (χ3n) is 4.40. The van der Waals surface area contributed by atoms with Crippen LogP contribution in [0, 0.1) is 0 Å². The minimum Gasteiger partial charge on any atom is -0.490 e. The Morgan fingerprint density at radius 2 is 1.89 bits per heavy atom. The summed E-state index contributed by atoms with van der Waals surface area (Å²) < 4.78 is 49.5. The largest absolute Gasteiger partial charge is 0.490 e. The zero-order chi connectivity index (χ0) is 25.3. The van der Waals surface area contributed by atoms with Gasteiger partial charge >= 0.3 is 6.18 Å². The third kappa shape index (κ3) is 7.56. The number of hydrogen-bond acceptors (Lipinski definition) is 6. The number of rotatable bonds is 9. The maximum atomic E-state index is 12.8. The first kappa shape index (κ1) is 25.2. The van der Waals surface area contributed by atoms with Crippen molar-refractivity contribution in [3.8, 4) is 11.5 Å². The van der Waals surface area contributed by atoms with Gasteiger partial charge in [-0.1, -0.05) is 6.07 Å². The van der Waals surface area contributed by atoms with Crippen LogP contribution in [0.25, 0.3) is 0 Å². The molecule has 0 aliphatic rings. The number of ether oxygens (including phenoxy) is 2. The summed E-state index contributed by atoms with van der Waals surface area (Å²) >= 11 is 0. The van der Waals surface area contributed by atoms with Crippen molar-refractivity contribution >= 4 is 23.7 Å². The predicted molar refractivity (Wildman–Crippen MR) is 122 cm³/mol. The fourth-order valence-electron chi connectivity index (χ4n) is 2.83. The lowest BCUT2D eigenvalue weighted by Gasteiger charge is -2.13. The molecule has 0 saturated carbocycles. The van der Waals surface area contributed by atoms with E-state index in [-0.39, 0.29) is 11.4 Å². The highest BCUT2D eigenvalue weighted by Gasteiger charge is 2.30. The van der Waals surface area contributed by atoms with E-state index in [1.807, 2.05) is 0 Å². The molecule has 1 aromatic heterocycles. The Kier molecular flexibility index (Phi) is 8.38. The molecule has 2 aromatic carbocycles. The van der Waals surface area contributed by atoms with Crippen molar-refractivity contribution < 1.29 is 32.2 Å². The number of aromatic nitrogens is 1. The van der Waals surface area contributed by atoms with E-state index in [9.17, 15) is 22.8 Å². The van der Waals surface area contributed by atoms with E-state index in [1.54, 1.807) is 43.5 Å². The van der Waals surface area contributed by atoms with Crippen molar-refractivity contribution in [3.05, 3.63) is 83.7 Å². The first-order valence-electron chi connectivity index (χ1n) is 10.4. The fourth-order valence-corrected chi connectivity index (χ4v) is 2.83. The van der Waals surface area contributed by atoms with Crippen LogP contribution in [-0.2, 0) is 11.0 Å². The van der Waals surface area contributed by atoms with Crippen LogP contribution in [0.15, 0.2) is 72.1 Å². The van der Waals surface area contributed by atoms with Crippen molar-refractivity contribution in [2.75, 3.05) is 18.5 Å². The van der Waals surface area contributed by atoms with Crippen LogP contribution >= 0.6 is 0 Å².